The minimum atomic E-state index is -0.420. The van der Waals surface area contributed by atoms with E-state index in [1.54, 1.807) is 18.2 Å². The summed E-state index contributed by atoms with van der Waals surface area (Å²) in [6.45, 7) is 4.78. The van der Waals surface area contributed by atoms with Crippen molar-refractivity contribution >= 4 is 5.91 Å². The van der Waals surface area contributed by atoms with Crippen LogP contribution < -0.4 is 0 Å². The second kappa shape index (κ2) is 7.19. The number of carbonyl (C=O) groups excluding carboxylic acids is 1. The topological polar surface area (TPSA) is 26.8 Å². The number of nitrogens with zero attached hydrogens (tertiary/aromatic N) is 3. The molecule has 0 bridgehead atoms. The maximum absolute atomic E-state index is 13.9. The minimum absolute atomic E-state index is 0.166. The molecule has 2 aliphatic heterocycles. The molecule has 0 atom stereocenters. The molecule has 5 heteroatoms. The molecule has 0 aliphatic carbocycles. The van der Waals surface area contributed by atoms with E-state index in [4.69, 9.17) is 0 Å². The minimum Gasteiger partial charge on any atom is -0.338 e. The molecule has 0 saturated carbocycles. The molecule has 1 spiro atoms. The molecule has 3 rings (SSSR count). The first-order valence-electron chi connectivity index (χ1n) is 8.95. The van der Waals surface area contributed by atoms with Crippen molar-refractivity contribution in [3.63, 3.8) is 0 Å². The van der Waals surface area contributed by atoms with Crippen molar-refractivity contribution < 1.29 is 9.18 Å². The van der Waals surface area contributed by atoms with Crippen molar-refractivity contribution in [2.75, 3.05) is 46.8 Å². The Bertz CT molecular complexity index is 582. The van der Waals surface area contributed by atoms with Crippen LogP contribution in [-0.2, 0) is 0 Å². The van der Waals surface area contributed by atoms with E-state index in [1.165, 1.54) is 18.9 Å². The standard InChI is InChI=1S/C19H28FN3O/c1-21(2)14-15-23-11-5-8-19(23)9-12-22(13-10-19)18(24)16-6-3-4-7-17(16)20/h3-4,6-7H,5,8-15H2,1-2H3. The van der Waals surface area contributed by atoms with Crippen molar-refractivity contribution in [1.82, 2.24) is 14.7 Å². The number of benzene rings is 1. The van der Waals surface area contributed by atoms with E-state index in [-0.39, 0.29) is 17.0 Å². The summed E-state index contributed by atoms with van der Waals surface area (Å²) in [7, 11) is 4.22. The molecule has 1 aromatic carbocycles. The second-order valence-electron chi connectivity index (χ2n) is 7.39. The smallest absolute Gasteiger partial charge is 0.256 e. The summed E-state index contributed by atoms with van der Waals surface area (Å²) in [6, 6.07) is 6.29. The number of amides is 1. The Morgan fingerprint density at radius 3 is 2.54 bits per heavy atom. The first-order chi connectivity index (χ1) is 11.5. The normalized spacial score (nSPS) is 20.9. The van der Waals surface area contributed by atoms with E-state index in [2.05, 4.69) is 23.9 Å². The van der Waals surface area contributed by atoms with Gasteiger partial charge in [0.2, 0.25) is 0 Å². The molecule has 1 amide bonds. The summed E-state index contributed by atoms with van der Waals surface area (Å²) >= 11 is 0. The predicted molar refractivity (Wildman–Crippen MR) is 93.6 cm³/mol. The van der Waals surface area contributed by atoms with Gasteiger partial charge in [0.05, 0.1) is 5.56 Å². The Labute approximate surface area is 144 Å². The van der Waals surface area contributed by atoms with Crippen molar-refractivity contribution in [3.05, 3.63) is 35.6 Å². The Hall–Kier alpha value is -1.46. The fraction of sp³-hybridized carbons (Fsp3) is 0.632. The third kappa shape index (κ3) is 3.47. The van der Waals surface area contributed by atoms with Crippen LogP contribution in [0.1, 0.15) is 36.0 Å². The Morgan fingerprint density at radius 2 is 1.88 bits per heavy atom. The van der Waals surface area contributed by atoms with E-state index < -0.39 is 5.82 Å². The number of rotatable bonds is 4. The summed E-state index contributed by atoms with van der Waals surface area (Å²) in [5, 5.41) is 0. The third-order valence-corrected chi connectivity index (χ3v) is 5.64. The summed E-state index contributed by atoms with van der Waals surface area (Å²) in [6.07, 6.45) is 4.47. The van der Waals surface area contributed by atoms with Crippen LogP contribution in [0.15, 0.2) is 24.3 Å². The zero-order valence-corrected chi connectivity index (χ0v) is 14.8. The van der Waals surface area contributed by atoms with Gasteiger partial charge in [-0.15, -0.1) is 0 Å². The van der Waals surface area contributed by atoms with Crippen LogP contribution in [0, 0.1) is 5.82 Å². The Balaban J connectivity index is 1.63. The quantitative estimate of drug-likeness (QED) is 0.847. The number of likely N-dealkylation sites (N-methyl/N-ethyl adjacent to an activating group) is 1. The lowest BCUT2D eigenvalue weighted by Gasteiger charge is -2.45. The van der Waals surface area contributed by atoms with Crippen LogP contribution in [0.2, 0.25) is 0 Å². The zero-order chi connectivity index (χ0) is 17.2. The van der Waals surface area contributed by atoms with Crippen LogP contribution in [-0.4, -0.2) is 73.0 Å². The van der Waals surface area contributed by atoms with Crippen LogP contribution in [0.5, 0.6) is 0 Å². The molecule has 1 aromatic rings. The highest BCUT2D eigenvalue weighted by atomic mass is 19.1. The lowest BCUT2D eigenvalue weighted by atomic mass is 9.84. The SMILES string of the molecule is CN(C)CCN1CCCC12CCN(C(=O)c1ccccc1F)CC2. The number of hydrogen-bond acceptors (Lipinski definition) is 3. The van der Waals surface area contributed by atoms with E-state index in [0.717, 1.165) is 45.6 Å². The van der Waals surface area contributed by atoms with Gasteiger partial charge in [-0.2, -0.15) is 0 Å². The summed E-state index contributed by atoms with van der Waals surface area (Å²) < 4.78 is 13.9. The Kier molecular flexibility index (Phi) is 5.21. The monoisotopic (exact) mass is 333 g/mol. The molecule has 2 heterocycles. The third-order valence-electron chi connectivity index (χ3n) is 5.64. The lowest BCUT2D eigenvalue weighted by Crippen LogP contribution is -2.54. The molecular weight excluding hydrogens is 305 g/mol. The molecule has 0 unspecified atom stereocenters. The molecule has 24 heavy (non-hydrogen) atoms. The maximum atomic E-state index is 13.9. The van der Waals surface area contributed by atoms with Gasteiger partial charge in [0.1, 0.15) is 5.82 Å². The highest BCUT2D eigenvalue weighted by Gasteiger charge is 2.43. The number of likely N-dealkylation sites (tertiary alicyclic amines) is 2. The lowest BCUT2D eigenvalue weighted by molar-refractivity contribution is 0.0391. The molecule has 2 fully saturated rings. The fourth-order valence-electron chi connectivity index (χ4n) is 4.16. The van der Waals surface area contributed by atoms with Crippen molar-refractivity contribution in [2.24, 2.45) is 0 Å². The van der Waals surface area contributed by atoms with Crippen LogP contribution in [0.3, 0.4) is 0 Å². The molecule has 2 aliphatic rings. The maximum Gasteiger partial charge on any atom is 0.256 e. The fourth-order valence-corrected chi connectivity index (χ4v) is 4.16. The molecule has 4 nitrogen and oxygen atoms in total. The molecular formula is C19H28FN3O. The highest BCUT2D eigenvalue weighted by Crippen LogP contribution is 2.38. The van der Waals surface area contributed by atoms with Gasteiger partial charge in [-0.25, -0.2) is 4.39 Å². The number of hydrogen-bond donors (Lipinski definition) is 0. The summed E-state index contributed by atoms with van der Waals surface area (Å²) in [5.41, 5.74) is 0.450. The molecule has 132 valence electrons. The average Bonchev–Trinajstić information content (AvgIpc) is 2.96. The summed E-state index contributed by atoms with van der Waals surface area (Å²) in [4.78, 5) is 19.3. The first kappa shape index (κ1) is 17.4. The van der Waals surface area contributed by atoms with Gasteiger partial charge >= 0.3 is 0 Å². The Morgan fingerprint density at radius 1 is 1.17 bits per heavy atom. The van der Waals surface area contributed by atoms with E-state index in [1.807, 2.05) is 4.90 Å². The van der Waals surface area contributed by atoms with Crippen LogP contribution >= 0.6 is 0 Å². The second-order valence-corrected chi connectivity index (χ2v) is 7.39. The van der Waals surface area contributed by atoms with Crippen LogP contribution in [0.4, 0.5) is 4.39 Å². The molecule has 0 aromatic heterocycles. The molecule has 0 radical (unpaired) electrons. The average molecular weight is 333 g/mol. The van der Waals surface area contributed by atoms with Gasteiger partial charge in [-0.3, -0.25) is 9.69 Å². The van der Waals surface area contributed by atoms with Gasteiger partial charge in [0.25, 0.3) is 5.91 Å². The van der Waals surface area contributed by atoms with E-state index >= 15 is 0 Å². The van der Waals surface area contributed by atoms with Crippen molar-refractivity contribution in [1.29, 1.82) is 0 Å². The van der Waals surface area contributed by atoms with Gasteiger partial charge in [-0.05, 0) is 58.5 Å². The number of halogens is 1. The number of carbonyl (C=O) groups is 1. The largest absolute Gasteiger partial charge is 0.338 e. The molecule has 2 saturated heterocycles. The van der Waals surface area contributed by atoms with Crippen molar-refractivity contribution in [3.8, 4) is 0 Å². The van der Waals surface area contributed by atoms with Crippen LogP contribution in [0.25, 0.3) is 0 Å². The van der Waals surface area contributed by atoms with Gasteiger partial charge in [0.15, 0.2) is 0 Å². The van der Waals surface area contributed by atoms with E-state index in [0.29, 0.717) is 0 Å². The van der Waals surface area contributed by atoms with Gasteiger partial charge in [0, 0.05) is 31.7 Å². The highest BCUT2D eigenvalue weighted by molar-refractivity contribution is 5.94. The number of piperidine rings is 1. The van der Waals surface area contributed by atoms with Gasteiger partial charge in [-0.1, -0.05) is 12.1 Å². The van der Waals surface area contributed by atoms with E-state index in [9.17, 15) is 9.18 Å². The predicted octanol–water partition coefficient (Wildman–Crippen LogP) is 2.46. The van der Waals surface area contributed by atoms with Gasteiger partial charge < -0.3 is 9.80 Å². The zero-order valence-electron chi connectivity index (χ0n) is 14.8. The van der Waals surface area contributed by atoms with Crippen molar-refractivity contribution in [2.45, 2.75) is 31.2 Å². The summed E-state index contributed by atoms with van der Waals surface area (Å²) in [5.74, 6) is -0.586. The molecule has 0 N–H and O–H groups in total. The first-order valence-corrected chi connectivity index (χ1v) is 8.95.